The first-order chi connectivity index (χ1) is 5.20. The van der Waals surface area contributed by atoms with Crippen LogP contribution in [0.2, 0.25) is 0 Å². The highest BCUT2D eigenvalue weighted by molar-refractivity contribution is 5.75. The summed E-state index contributed by atoms with van der Waals surface area (Å²) in [6.07, 6.45) is 2.33. The average molecular weight is 156 g/mol. The molecule has 0 saturated carbocycles. The number of rotatable bonds is 5. The number of nitrogens with one attached hydrogen (secondary N) is 2. The van der Waals surface area contributed by atoms with Crippen molar-refractivity contribution in [1.82, 2.24) is 10.6 Å². The lowest BCUT2D eigenvalue weighted by Crippen LogP contribution is -2.29. The van der Waals surface area contributed by atoms with Crippen LogP contribution in [0, 0.1) is 0 Å². The van der Waals surface area contributed by atoms with Crippen LogP contribution in [0.4, 0.5) is 0 Å². The number of carbonyl (C=O) groups is 1. The molecule has 0 fully saturated rings. The molecule has 0 aromatic carbocycles. The molecule has 1 unspecified atom stereocenters. The van der Waals surface area contributed by atoms with E-state index < -0.39 is 0 Å². The smallest absolute Gasteiger partial charge is 0.221 e. The summed E-state index contributed by atoms with van der Waals surface area (Å²) in [6, 6.07) is 0.277. The Morgan fingerprint density at radius 1 is 1.73 bits per heavy atom. The number of hydrogen-bond donors (Lipinski definition) is 2. The molecule has 3 heteroatoms. The van der Waals surface area contributed by atoms with E-state index >= 15 is 0 Å². The van der Waals surface area contributed by atoms with E-state index in [0.29, 0.717) is 13.0 Å². The van der Waals surface area contributed by atoms with Gasteiger partial charge in [0.25, 0.3) is 0 Å². The van der Waals surface area contributed by atoms with Crippen molar-refractivity contribution in [1.29, 1.82) is 0 Å². The Morgan fingerprint density at radius 3 is 2.82 bits per heavy atom. The summed E-state index contributed by atoms with van der Waals surface area (Å²) < 4.78 is 0. The van der Waals surface area contributed by atoms with Crippen molar-refractivity contribution in [2.45, 2.75) is 19.4 Å². The second-order valence-corrected chi connectivity index (χ2v) is 2.40. The lowest BCUT2D eigenvalue weighted by Gasteiger charge is -2.07. The maximum atomic E-state index is 10.7. The van der Waals surface area contributed by atoms with Crippen LogP contribution in [0.3, 0.4) is 0 Å². The van der Waals surface area contributed by atoms with E-state index in [1.165, 1.54) is 0 Å². The topological polar surface area (TPSA) is 41.1 Å². The Balaban J connectivity index is 3.26. The first-order valence-electron chi connectivity index (χ1n) is 3.77. The van der Waals surface area contributed by atoms with Gasteiger partial charge in [-0.15, -0.1) is 6.58 Å². The fraction of sp³-hybridized carbons (Fsp3) is 0.625. The Kier molecular flexibility index (Phi) is 5.47. The van der Waals surface area contributed by atoms with Gasteiger partial charge in [0.15, 0.2) is 0 Å². The minimum absolute atomic E-state index is 0.0637. The molecule has 11 heavy (non-hydrogen) atoms. The summed E-state index contributed by atoms with van der Waals surface area (Å²) in [7, 11) is 1.64. The van der Waals surface area contributed by atoms with Crippen LogP contribution in [0.25, 0.3) is 0 Å². The Bertz CT molecular complexity index is 134. The zero-order valence-corrected chi connectivity index (χ0v) is 7.18. The number of amides is 1. The van der Waals surface area contributed by atoms with E-state index in [1.54, 1.807) is 7.05 Å². The molecule has 3 nitrogen and oxygen atoms in total. The van der Waals surface area contributed by atoms with E-state index in [0.717, 1.165) is 0 Å². The van der Waals surface area contributed by atoms with E-state index in [9.17, 15) is 4.79 Å². The Hall–Kier alpha value is -0.830. The van der Waals surface area contributed by atoms with Gasteiger partial charge in [-0.1, -0.05) is 6.08 Å². The van der Waals surface area contributed by atoms with Gasteiger partial charge < -0.3 is 10.6 Å². The van der Waals surface area contributed by atoms with Gasteiger partial charge in [-0.25, -0.2) is 0 Å². The minimum Gasteiger partial charge on any atom is -0.359 e. The molecule has 1 amide bonds. The second-order valence-electron chi connectivity index (χ2n) is 2.40. The zero-order chi connectivity index (χ0) is 8.69. The van der Waals surface area contributed by atoms with Crippen molar-refractivity contribution >= 4 is 5.91 Å². The summed E-state index contributed by atoms with van der Waals surface area (Å²) in [6.45, 7) is 6.31. The average Bonchev–Trinajstić information content (AvgIpc) is 2.04. The molecule has 1 atom stereocenters. The molecule has 0 aliphatic carbocycles. The summed E-state index contributed by atoms with van der Waals surface area (Å²) in [5.74, 6) is 0.0637. The normalized spacial score (nSPS) is 12.2. The highest BCUT2D eigenvalue weighted by Crippen LogP contribution is 1.82. The fourth-order valence-electron chi connectivity index (χ4n) is 0.622. The quantitative estimate of drug-likeness (QED) is 0.562. The van der Waals surface area contributed by atoms with Gasteiger partial charge in [-0.05, 0) is 6.92 Å². The van der Waals surface area contributed by atoms with Crippen LogP contribution >= 0.6 is 0 Å². The van der Waals surface area contributed by atoms with E-state index in [1.807, 2.05) is 13.0 Å². The van der Waals surface area contributed by atoms with Crippen LogP contribution < -0.4 is 10.6 Å². The number of hydrogen-bond acceptors (Lipinski definition) is 2. The minimum atomic E-state index is 0.0637. The lowest BCUT2D eigenvalue weighted by molar-refractivity contribution is -0.120. The molecule has 2 N–H and O–H groups in total. The lowest BCUT2D eigenvalue weighted by atomic mass is 10.3. The van der Waals surface area contributed by atoms with Crippen molar-refractivity contribution in [2.24, 2.45) is 0 Å². The largest absolute Gasteiger partial charge is 0.359 e. The highest BCUT2D eigenvalue weighted by atomic mass is 16.1. The van der Waals surface area contributed by atoms with Crippen molar-refractivity contribution in [3.8, 4) is 0 Å². The molecule has 0 aliphatic heterocycles. The third-order valence-corrected chi connectivity index (χ3v) is 1.45. The first kappa shape index (κ1) is 10.2. The summed E-state index contributed by atoms with van der Waals surface area (Å²) in [5.41, 5.74) is 0. The van der Waals surface area contributed by atoms with Crippen molar-refractivity contribution in [3.63, 3.8) is 0 Å². The monoisotopic (exact) mass is 156 g/mol. The maximum Gasteiger partial charge on any atom is 0.221 e. The van der Waals surface area contributed by atoms with Crippen LogP contribution in [-0.4, -0.2) is 25.5 Å². The predicted molar refractivity (Wildman–Crippen MR) is 46.3 cm³/mol. The second kappa shape index (κ2) is 5.92. The van der Waals surface area contributed by atoms with Crippen LogP contribution in [-0.2, 0) is 4.79 Å². The van der Waals surface area contributed by atoms with Gasteiger partial charge in [0.1, 0.15) is 0 Å². The SMILES string of the molecule is C=CC(C)NCCC(=O)NC. The molecule has 64 valence electrons. The molecule has 0 aliphatic rings. The molecular formula is C8H16N2O. The van der Waals surface area contributed by atoms with Crippen molar-refractivity contribution in [2.75, 3.05) is 13.6 Å². The van der Waals surface area contributed by atoms with E-state index in [2.05, 4.69) is 17.2 Å². The summed E-state index contributed by atoms with van der Waals surface area (Å²) in [4.78, 5) is 10.7. The molecule has 0 aromatic heterocycles. The first-order valence-corrected chi connectivity index (χ1v) is 3.77. The zero-order valence-electron chi connectivity index (χ0n) is 7.18. The predicted octanol–water partition coefficient (Wildman–Crippen LogP) is 0.287. The van der Waals surface area contributed by atoms with E-state index in [4.69, 9.17) is 0 Å². The van der Waals surface area contributed by atoms with E-state index in [-0.39, 0.29) is 11.9 Å². The molecule has 0 bridgehead atoms. The van der Waals surface area contributed by atoms with Crippen LogP contribution in [0.1, 0.15) is 13.3 Å². The number of carbonyl (C=O) groups excluding carboxylic acids is 1. The fourth-order valence-corrected chi connectivity index (χ4v) is 0.622. The summed E-state index contributed by atoms with van der Waals surface area (Å²) in [5, 5.41) is 5.67. The molecule has 0 spiro atoms. The molecule has 0 heterocycles. The highest BCUT2D eigenvalue weighted by Gasteiger charge is 1.97. The van der Waals surface area contributed by atoms with Crippen molar-refractivity contribution < 1.29 is 4.79 Å². The molecular weight excluding hydrogens is 140 g/mol. The van der Waals surface area contributed by atoms with Gasteiger partial charge in [0.2, 0.25) is 5.91 Å². The van der Waals surface area contributed by atoms with Gasteiger partial charge >= 0.3 is 0 Å². The van der Waals surface area contributed by atoms with Gasteiger partial charge in [-0.2, -0.15) is 0 Å². The Labute approximate surface area is 67.9 Å². The van der Waals surface area contributed by atoms with Crippen LogP contribution in [0.15, 0.2) is 12.7 Å². The molecule has 0 aromatic rings. The molecule has 0 radical (unpaired) electrons. The van der Waals surface area contributed by atoms with Crippen molar-refractivity contribution in [3.05, 3.63) is 12.7 Å². The van der Waals surface area contributed by atoms with Gasteiger partial charge in [-0.3, -0.25) is 4.79 Å². The van der Waals surface area contributed by atoms with Gasteiger partial charge in [0, 0.05) is 26.1 Å². The van der Waals surface area contributed by atoms with Crippen LogP contribution in [0.5, 0.6) is 0 Å². The van der Waals surface area contributed by atoms with Gasteiger partial charge in [0.05, 0.1) is 0 Å². The third-order valence-electron chi connectivity index (χ3n) is 1.45. The molecule has 0 rings (SSSR count). The Morgan fingerprint density at radius 2 is 2.36 bits per heavy atom. The summed E-state index contributed by atoms with van der Waals surface area (Å²) >= 11 is 0. The maximum absolute atomic E-state index is 10.7. The standard InChI is InChI=1S/C8H16N2O/c1-4-7(2)10-6-5-8(11)9-3/h4,7,10H,1,5-6H2,2-3H3,(H,9,11). The molecule has 0 saturated heterocycles. The third kappa shape index (κ3) is 5.61.